The van der Waals surface area contributed by atoms with Gasteiger partial charge in [0.25, 0.3) is 0 Å². The van der Waals surface area contributed by atoms with E-state index in [0.717, 1.165) is 8.81 Å². The van der Waals surface area contributed by atoms with Gasteiger partial charge in [-0.15, -0.1) is 11.3 Å². The predicted molar refractivity (Wildman–Crippen MR) is 79.8 cm³/mol. The molecule has 1 aliphatic rings. The molecule has 0 amide bonds. The minimum Gasteiger partial charge on any atom is -0.323 e. The lowest BCUT2D eigenvalue weighted by Gasteiger charge is -2.24. The summed E-state index contributed by atoms with van der Waals surface area (Å²) < 4.78 is 1.01. The van der Waals surface area contributed by atoms with Crippen molar-refractivity contribution in [2.24, 2.45) is 11.7 Å². The van der Waals surface area contributed by atoms with E-state index in [4.69, 9.17) is 17.3 Å². The molecule has 1 aliphatic carbocycles. The lowest BCUT2D eigenvalue weighted by Crippen LogP contribution is -2.21. The zero-order valence-corrected chi connectivity index (χ0v) is 13.1. The van der Waals surface area contributed by atoms with Crippen LogP contribution in [0.25, 0.3) is 0 Å². The van der Waals surface area contributed by atoms with E-state index in [1.165, 1.54) is 49.8 Å². The van der Waals surface area contributed by atoms with Gasteiger partial charge in [-0.05, 0) is 40.8 Å². The van der Waals surface area contributed by atoms with Gasteiger partial charge in [0.15, 0.2) is 0 Å². The van der Waals surface area contributed by atoms with Gasteiger partial charge in [0.05, 0.1) is 8.81 Å². The Morgan fingerprint density at radius 2 is 1.82 bits per heavy atom. The first-order chi connectivity index (χ1) is 8.18. The SMILES string of the molecule is NC(c1cc(Cl)c(Br)s1)C1CCCCCCC1. The molecule has 0 saturated heterocycles. The first-order valence-electron chi connectivity index (χ1n) is 6.39. The molecule has 1 saturated carbocycles. The summed E-state index contributed by atoms with van der Waals surface area (Å²) in [5, 5.41) is 0.797. The first kappa shape index (κ1) is 13.9. The van der Waals surface area contributed by atoms with E-state index in [-0.39, 0.29) is 6.04 Å². The van der Waals surface area contributed by atoms with Crippen molar-refractivity contribution in [1.82, 2.24) is 0 Å². The quantitative estimate of drug-likeness (QED) is 0.755. The Kier molecular flexibility index (Phi) is 5.34. The summed E-state index contributed by atoms with van der Waals surface area (Å²) >= 11 is 11.2. The van der Waals surface area contributed by atoms with Crippen LogP contribution < -0.4 is 5.73 Å². The highest BCUT2D eigenvalue weighted by atomic mass is 79.9. The second kappa shape index (κ2) is 6.55. The van der Waals surface area contributed by atoms with Crippen molar-refractivity contribution in [3.8, 4) is 0 Å². The fourth-order valence-electron chi connectivity index (χ4n) is 2.61. The fraction of sp³-hybridized carbons (Fsp3) is 0.692. The van der Waals surface area contributed by atoms with Crippen LogP contribution in [0, 0.1) is 5.92 Å². The number of halogens is 2. The molecule has 1 heterocycles. The summed E-state index contributed by atoms with van der Waals surface area (Å²) in [5.41, 5.74) is 6.40. The van der Waals surface area contributed by atoms with E-state index < -0.39 is 0 Å². The lowest BCUT2D eigenvalue weighted by molar-refractivity contribution is 0.330. The molecule has 17 heavy (non-hydrogen) atoms. The molecule has 0 aliphatic heterocycles. The maximum absolute atomic E-state index is 6.40. The van der Waals surface area contributed by atoms with Gasteiger partial charge in [0.1, 0.15) is 0 Å². The van der Waals surface area contributed by atoms with Crippen molar-refractivity contribution in [3.63, 3.8) is 0 Å². The number of thiophene rings is 1. The first-order valence-corrected chi connectivity index (χ1v) is 8.37. The third-order valence-corrected chi connectivity index (χ3v) is 6.23. The summed E-state index contributed by atoms with van der Waals surface area (Å²) in [7, 11) is 0. The van der Waals surface area contributed by atoms with Crippen molar-refractivity contribution >= 4 is 38.9 Å². The second-order valence-corrected chi connectivity index (χ2v) is 7.71. The lowest BCUT2D eigenvalue weighted by atomic mass is 9.86. The van der Waals surface area contributed by atoms with Gasteiger partial charge in [-0.1, -0.05) is 43.7 Å². The van der Waals surface area contributed by atoms with Crippen molar-refractivity contribution in [3.05, 3.63) is 19.8 Å². The molecule has 2 rings (SSSR count). The Morgan fingerprint density at radius 1 is 1.24 bits per heavy atom. The third-order valence-electron chi connectivity index (χ3n) is 3.65. The molecule has 0 radical (unpaired) electrons. The van der Waals surface area contributed by atoms with E-state index >= 15 is 0 Å². The number of hydrogen-bond donors (Lipinski definition) is 1. The molecule has 4 heteroatoms. The number of nitrogens with two attached hydrogens (primary N) is 1. The zero-order valence-electron chi connectivity index (χ0n) is 9.92. The Balaban J connectivity index is 2.04. The monoisotopic (exact) mass is 335 g/mol. The van der Waals surface area contributed by atoms with Gasteiger partial charge < -0.3 is 5.73 Å². The highest BCUT2D eigenvalue weighted by Gasteiger charge is 2.22. The molecule has 0 aromatic carbocycles. The van der Waals surface area contributed by atoms with Gasteiger partial charge in [0, 0.05) is 10.9 Å². The Hall–Kier alpha value is 0.430. The van der Waals surface area contributed by atoms with Crippen molar-refractivity contribution in [1.29, 1.82) is 0 Å². The number of hydrogen-bond acceptors (Lipinski definition) is 2. The standard InChI is InChI=1S/C13H19BrClNS/c14-13-10(15)8-11(17-13)12(16)9-6-4-2-1-3-5-7-9/h8-9,12H,1-7,16H2. The average Bonchev–Trinajstić information content (AvgIpc) is 2.58. The zero-order chi connectivity index (χ0) is 12.3. The van der Waals surface area contributed by atoms with E-state index in [9.17, 15) is 0 Å². The van der Waals surface area contributed by atoms with Crippen LogP contribution in [-0.4, -0.2) is 0 Å². The largest absolute Gasteiger partial charge is 0.323 e. The molecule has 1 aromatic rings. The molecule has 1 atom stereocenters. The Bertz CT molecular complexity index is 339. The molecular formula is C13H19BrClNS. The van der Waals surface area contributed by atoms with Crippen molar-refractivity contribution < 1.29 is 0 Å². The highest BCUT2D eigenvalue weighted by molar-refractivity contribution is 9.11. The maximum atomic E-state index is 6.40. The van der Waals surface area contributed by atoms with Crippen LogP contribution >= 0.6 is 38.9 Å². The Labute approximate surface area is 121 Å². The van der Waals surface area contributed by atoms with Crippen LogP contribution in [-0.2, 0) is 0 Å². The molecule has 0 bridgehead atoms. The van der Waals surface area contributed by atoms with E-state index in [1.807, 2.05) is 6.07 Å². The van der Waals surface area contributed by atoms with Crippen LogP contribution in [0.5, 0.6) is 0 Å². The van der Waals surface area contributed by atoms with E-state index in [1.54, 1.807) is 11.3 Å². The topological polar surface area (TPSA) is 26.0 Å². The smallest absolute Gasteiger partial charge is 0.0887 e. The fourth-order valence-corrected chi connectivity index (χ4v) is 4.45. The van der Waals surface area contributed by atoms with Crippen LogP contribution in [0.3, 0.4) is 0 Å². The van der Waals surface area contributed by atoms with E-state index in [0.29, 0.717) is 5.92 Å². The van der Waals surface area contributed by atoms with Crippen LogP contribution in [0.1, 0.15) is 55.9 Å². The second-order valence-electron chi connectivity index (χ2n) is 4.90. The summed E-state index contributed by atoms with van der Waals surface area (Å²) in [4.78, 5) is 1.23. The summed E-state index contributed by atoms with van der Waals surface area (Å²) in [6.07, 6.45) is 9.36. The normalized spacial score (nSPS) is 20.9. The molecule has 0 spiro atoms. The molecule has 2 N–H and O–H groups in total. The summed E-state index contributed by atoms with van der Waals surface area (Å²) in [5.74, 6) is 0.636. The maximum Gasteiger partial charge on any atom is 0.0887 e. The molecule has 1 fully saturated rings. The van der Waals surface area contributed by atoms with Crippen LogP contribution in [0.4, 0.5) is 0 Å². The van der Waals surface area contributed by atoms with Gasteiger partial charge >= 0.3 is 0 Å². The van der Waals surface area contributed by atoms with Crippen molar-refractivity contribution in [2.75, 3.05) is 0 Å². The van der Waals surface area contributed by atoms with E-state index in [2.05, 4.69) is 15.9 Å². The molecule has 96 valence electrons. The molecule has 1 nitrogen and oxygen atoms in total. The minimum absolute atomic E-state index is 0.168. The molecule has 1 unspecified atom stereocenters. The molecule has 1 aromatic heterocycles. The third kappa shape index (κ3) is 3.69. The van der Waals surface area contributed by atoms with Gasteiger partial charge in [0.2, 0.25) is 0 Å². The predicted octanol–water partition coefficient (Wildman–Crippen LogP) is 5.52. The number of rotatable bonds is 2. The van der Waals surface area contributed by atoms with Crippen LogP contribution in [0.2, 0.25) is 5.02 Å². The summed E-state index contributed by atoms with van der Waals surface area (Å²) in [6, 6.07) is 2.20. The van der Waals surface area contributed by atoms with Crippen LogP contribution in [0.15, 0.2) is 9.85 Å². The average molecular weight is 337 g/mol. The molecular weight excluding hydrogens is 318 g/mol. The Morgan fingerprint density at radius 3 is 2.35 bits per heavy atom. The van der Waals surface area contributed by atoms with Gasteiger partial charge in [-0.2, -0.15) is 0 Å². The van der Waals surface area contributed by atoms with Gasteiger partial charge in [-0.3, -0.25) is 0 Å². The van der Waals surface area contributed by atoms with Crippen molar-refractivity contribution in [2.45, 2.75) is 51.0 Å². The summed E-state index contributed by atoms with van der Waals surface area (Å²) in [6.45, 7) is 0. The highest BCUT2D eigenvalue weighted by Crippen LogP contribution is 2.39. The minimum atomic E-state index is 0.168. The van der Waals surface area contributed by atoms with Gasteiger partial charge in [-0.25, -0.2) is 0 Å².